The van der Waals surface area contributed by atoms with Crippen LogP contribution in [0.3, 0.4) is 0 Å². The van der Waals surface area contributed by atoms with Crippen molar-refractivity contribution in [1.82, 2.24) is 4.98 Å². The highest BCUT2D eigenvalue weighted by atomic mass is 32.2. The van der Waals surface area contributed by atoms with Crippen LogP contribution in [0.2, 0.25) is 0 Å². The van der Waals surface area contributed by atoms with E-state index in [9.17, 15) is 9.59 Å². The molecule has 0 aliphatic carbocycles. The minimum Gasteiger partial charge on any atom is -0.274 e. The zero-order chi connectivity index (χ0) is 20.4. The SMILES string of the molecule is CC(=O)N(c1ccccc1)c1nc(/C=C2\SC(=S)N(c3ccccc3)C2=O)cs1. The molecule has 2 amide bonds. The largest absolute Gasteiger partial charge is 0.274 e. The number of carbonyl (C=O) groups excluding carboxylic acids is 2. The van der Waals surface area contributed by atoms with Crippen molar-refractivity contribution in [2.24, 2.45) is 0 Å². The van der Waals surface area contributed by atoms with Crippen molar-refractivity contribution in [2.45, 2.75) is 6.92 Å². The first-order valence-corrected chi connectivity index (χ1v) is 10.8. The molecule has 0 unspecified atom stereocenters. The van der Waals surface area contributed by atoms with Crippen LogP contribution in [0.25, 0.3) is 6.08 Å². The molecule has 4 rings (SSSR count). The van der Waals surface area contributed by atoms with Gasteiger partial charge in [-0.2, -0.15) is 0 Å². The Hall–Kier alpha value is -2.81. The van der Waals surface area contributed by atoms with E-state index in [2.05, 4.69) is 4.98 Å². The van der Waals surface area contributed by atoms with Crippen LogP contribution in [0.15, 0.2) is 70.9 Å². The lowest BCUT2D eigenvalue weighted by Crippen LogP contribution is -2.27. The van der Waals surface area contributed by atoms with E-state index in [4.69, 9.17) is 12.2 Å². The normalized spacial score (nSPS) is 15.2. The van der Waals surface area contributed by atoms with E-state index in [0.717, 1.165) is 11.4 Å². The summed E-state index contributed by atoms with van der Waals surface area (Å²) in [4.78, 5) is 33.2. The minimum atomic E-state index is -0.174. The molecular formula is C21H15N3O2S3. The predicted molar refractivity (Wildman–Crippen MR) is 123 cm³/mol. The number of rotatable bonds is 4. The molecule has 144 valence electrons. The summed E-state index contributed by atoms with van der Waals surface area (Å²) in [5, 5.41) is 2.37. The number of carbonyl (C=O) groups is 2. The molecule has 0 N–H and O–H groups in total. The van der Waals surface area contributed by atoms with Crippen LogP contribution in [0.5, 0.6) is 0 Å². The van der Waals surface area contributed by atoms with Crippen molar-refractivity contribution in [3.63, 3.8) is 0 Å². The molecule has 1 aliphatic heterocycles. The van der Waals surface area contributed by atoms with Gasteiger partial charge in [0.1, 0.15) is 0 Å². The van der Waals surface area contributed by atoms with Crippen LogP contribution in [0.4, 0.5) is 16.5 Å². The number of hydrogen-bond acceptors (Lipinski definition) is 6. The van der Waals surface area contributed by atoms with Crippen molar-refractivity contribution in [3.8, 4) is 0 Å². The van der Waals surface area contributed by atoms with Crippen molar-refractivity contribution >= 4 is 74.0 Å². The maximum absolute atomic E-state index is 12.9. The lowest BCUT2D eigenvalue weighted by atomic mass is 10.3. The molecule has 5 nitrogen and oxygen atoms in total. The molecule has 2 heterocycles. The minimum absolute atomic E-state index is 0.132. The second-order valence-corrected chi connectivity index (χ2v) is 8.61. The van der Waals surface area contributed by atoms with Gasteiger partial charge in [-0.3, -0.25) is 19.4 Å². The third kappa shape index (κ3) is 4.00. The van der Waals surface area contributed by atoms with E-state index in [-0.39, 0.29) is 11.8 Å². The lowest BCUT2D eigenvalue weighted by molar-refractivity contribution is -0.116. The van der Waals surface area contributed by atoms with E-state index < -0.39 is 0 Å². The molecule has 0 radical (unpaired) electrons. The monoisotopic (exact) mass is 437 g/mol. The van der Waals surface area contributed by atoms with Gasteiger partial charge in [0, 0.05) is 12.3 Å². The van der Waals surface area contributed by atoms with E-state index in [1.54, 1.807) is 11.0 Å². The summed E-state index contributed by atoms with van der Waals surface area (Å²) in [5.41, 5.74) is 2.10. The molecule has 1 saturated heterocycles. The molecule has 0 bridgehead atoms. The fourth-order valence-corrected chi connectivity index (χ4v) is 4.98. The highest BCUT2D eigenvalue weighted by Gasteiger charge is 2.33. The van der Waals surface area contributed by atoms with Crippen molar-refractivity contribution < 1.29 is 9.59 Å². The zero-order valence-electron chi connectivity index (χ0n) is 15.3. The first-order valence-electron chi connectivity index (χ1n) is 8.69. The Balaban J connectivity index is 1.62. The Labute approximate surface area is 181 Å². The Morgan fingerprint density at radius 1 is 1.10 bits per heavy atom. The van der Waals surface area contributed by atoms with Gasteiger partial charge >= 0.3 is 0 Å². The summed E-state index contributed by atoms with van der Waals surface area (Å²) in [6.45, 7) is 1.50. The molecule has 29 heavy (non-hydrogen) atoms. The molecule has 1 aliphatic rings. The molecule has 1 aromatic heterocycles. The van der Waals surface area contributed by atoms with Gasteiger partial charge in [0.15, 0.2) is 9.45 Å². The van der Waals surface area contributed by atoms with Gasteiger partial charge in [0.25, 0.3) is 5.91 Å². The average Bonchev–Trinajstić information content (AvgIpc) is 3.27. The summed E-state index contributed by atoms with van der Waals surface area (Å²) in [7, 11) is 0. The molecule has 3 aromatic rings. The van der Waals surface area contributed by atoms with Gasteiger partial charge in [-0.15, -0.1) is 11.3 Å². The maximum atomic E-state index is 12.9. The van der Waals surface area contributed by atoms with Crippen LogP contribution in [0, 0.1) is 0 Å². The summed E-state index contributed by atoms with van der Waals surface area (Å²) < 4.78 is 0.484. The number of hydrogen-bond donors (Lipinski definition) is 0. The van der Waals surface area contributed by atoms with E-state index >= 15 is 0 Å². The molecule has 0 atom stereocenters. The second kappa shape index (κ2) is 8.28. The highest BCUT2D eigenvalue weighted by Crippen LogP contribution is 2.37. The number of para-hydroxylation sites is 2. The number of thioether (sulfide) groups is 1. The topological polar surface area (TPSA) is 53.5 Å². The number of anilines is 3. The maximum Gasteiger partial charge on any atom is 0.270 e. The van der Waals surface area contributed by atoms with Crippen LogP contribution in [0.1, 0.15) is 12.6 Å². The van der Waals surface area contributed by atoms with E-state index in [1.165, 1.54) is 34.9 Å². The van der Waals surface area contributed by atoms with Crippen LogP contribution < -0.4 is 9.80 Å². The van der Waals surface area contributed by atoms with Gasteiger partial charge in [-0.05, 0) is 30.3 Å². The fourth-order valence-electron chi connectivity index (χ4n) is 2.85. The van der Waals surface area contributed by atoms with Gasteiger partial charge in [0.05, 0.1) is 22.0 Å². The summed E-state index contributed by atoms with van der Waals surface area (Å²) >= 11 is 7.98. The molecule has 1 fully saturated rings. The first kappa shape index (κ1) is 19.5. The Kier molecular flexibility index (Phi) is 5.57. The van der Waals surface area contributed by atoms with Crippen LogP contribution >= 0.6 is 35.3 Å². The first-order chi connectivity index (χ1) is 14.0. The molecule has 0 saturated carbocycles. The standard InChI is InChI=1S/C21H15N3O2S3/c1-14(25)23(16-8-4-2-5-9-16)20-22-15(13-28-20)12-18-19(26)24(21(27)29-18)17-10-6-3-7-11-17/h2-13H,1H3/b18-12-. The number of thiocarbonyl (C=S) groups is 1. The number of aromatic nitrogens is 1. The number of benzene rings is 2. The van der Waals surface area contributed by atoms with Gasteiger partial charge in [-0.25, -0.2) is 4.98 Å². The quantitative estimate of drug-likeness (QED) is 0.413. The van der Waals surface area contributed by atoms with Crippen molar-refractivity contribution in [2.75, 3.05) is 9.80 Å². The number of amides is 2. The fraction of sp³-hybridized carbons (Fsp3) is 0.0476. The summed E-state index contributed by atoms with van der Waals surface area (Å²) in [5.74, 6) is -0.306. The lowest BCUT2D eigenvalue weighted by Gasteiger charge is -2.17. The van der Waals surface area contributed by atoms with Gasteiger partial charge < -0.3 is 0 Å². The van der Waals surface area contributed by atoms with E-state index in [0.29, 0.717) is 20.1 Å². The average molecular weight is 438 g/mol. The van der Waals surface area contributed by atoms with Crippen LogP contribution in [-0.4, -0.2) is 21.1 Å². The highest BCUT2D eigenvalue weighted by molar-refractivity contribution is 8.27. The molecule has 0 spiro atoms. The van der Waals surface area contributed by atoms with Gasteiger partial charge in [-0.1, -0.05) is 60.4 Å². The summed E-state index contributed by atoms with van der Waals surface area (Å²) in [6, 6.07) is 18.7. The Morgan fingerprint density at radius 3 is 2.41 bits per heavy atom. The molecule has 2 aromatic carbocycles. The molecule has 8 heteroatoms. The third-order valence-corrected chi connectivity index (χ3v) is 6.26. The number of thiazole rings is 1. The smallest absolute Gasteiger partial charge is 0.270 e. The Bertz CT molecular complexity index is 1110. The third-order valence-electron chi connectivity index (χ3n) is 4.12. The van der Waals surface area contributed by atoms with Crippen molar-refractivity contribution in [1.29, 1.82) is 0 Å². The molecular weight excluding hydrogens is 422 g/mol. The van der Waals surface area contributed by atoms with Crippen LogP contribution in [-0.2, 0) is 9.59 Å². The predicted octanol–water partition coefficient (Wildman–Crippen LogP) is 5.23. The van der Waals surface area contributed by atoms with E-state index in [1.807, 2.05) is 66.0 Å². The second-order valence-electron chi connectivity index (χ2n) is 6.10. The van der Waals surface area contributed by atoms with Crippen molar-refractivity contribution in [3.05, 3.63) is 76.6 Å². The summed E-state index contributed by atoms with van der Waals surface area (Å²) in [6.07, 6.45) is 1.71. The van der Waals surface area contributed by atoms with Gasteiger partial charge in [0.2, 0.25) is 5.91 Å². The zero-order valence-corrected chi connectivity index (χ0v) is 17.8. The Morgan fingerprint density at radius 2 is 1.76 bits per heavy atom. The number of nitrogens with zero attached hydrogens (tertiary/aromatic N) is 3.